The summed E-state index contributed by atoms with van der Waals surface area (Å²) in [5.74, 6) is -0.0364. The molecule has 1 unspecified atom stereocenters. The summed E-state index contributed by atoms with van der Waals surface area (Å²) in [5.41, 5.74) is 2.60. The molecule has 18 heavy (non-hydrogen) atoms. The largest absolute Gasteiger partial charge is 0.325 e. The molecule has 94 valence electrons. The SMILES string of the molecule is CC(NCc1cncs1)C(=O)Nc1ccccc1. The maximum atomic E-state index is 11.9. The number of nitrogens with zero attached hydrogens (tertiary/aromatic N) is 1. The van der Waals surface area contributed by atoms with Crippen molar-refractivity contribution in [2.75, 3.05) is 5.32 Å². The predicted molar refractivity (Wildman–Crippen MR) is 73.5 cm³/mol. The summed E-state index contributed by atoms with van der Waals surface area (Å²) in [6.45, 7) is 2.51. The number of hydrogen-bond acceptors (Lipinski definition) is 4. The molecule has 2 N–H and O–H groups in total. The fourth-order valence-corrected chi connectivity index (χ4v) is 1.99. The Morgan fingerprint density at radius 2 is 2.17 bits per heavy atom. The van der Waals surface area contributed by atoms with Crippen molar-refractivity contribution in [1.29, 1.82) is 0 Å². The topological polar surface area (TPSA) is 54.0 Å². The van der Waals surface area contributed by atoms with Crippen LogP contribution in [0.3, 0.4) is 0 Å². The Kier molecular flexibility index (Phi) is 4.44. The van der Waals surface area contributed by atoms with Crippen molar-refractivity contribution < 1.29 is 4.79 Å². The zero-order valence-corrected chi connectivity index (χ0v) is 10.9. The van der Waals surface area contributed by atoms with Crippen LogP contribution in [-0.2, 0) is 11.3 Å². The van der Waals surface area contributed by atoms with E-state index in [4.69, 9.17) is 0 Å². The van der Waals surface area contributed by atoms with Crippen molar-refractivity contribution in [3.8, 4) is 0 Å². The summed E-state index contributed by atoms with van der Waals surface area (Å²) < 4.78 is 0. The van der Waals surface area contributed by atoms with Gasteiger partial charge in [0.15, 0.2) is 0 Å². The quantitative estimate of drug-likeness (QED) is 0.868. The van der Waals surface area contributed by atoms with E-state index in [0.717, 1.165) is 10.6 Å². The van der Waals surface area contributed by atoms with Gasteiger partial charge in [0.2, 0.25) is 5.91 Å². The Hall–Kier alpha value is -1.72. The maximum absolute atomic E-state index is 11.9. The summed E-state index contributed by atoms with van der Waals surface area (Å²) in [5, 5.41) is 6.02. The molecule has 1 atom stereocenters. The lowest BCUT2D eigenvalue weighted by molar-refractivity contribution is -0.117. The van der Waals surface area contributed by atoms with Crippen LogP contribution in [-0.4, -0.2) is 16.9 Å². The van der Waals surface area contributed by atoms with Gasteiger partial charge in [0, 0.05) is 23.3 Å². The molecule has 2 aromatic rings. The van der Waals surface area contributed by atoms with Gasteiger partial charge in [0.25, 0.3) is 0 Å². The van der Waals surface area contributed by atoms with Gasteiger partial charge in [-0.1, -0.05) is 18.2 Å². The number of anilines is 1. The van der Waals surface area contributed by atoms with Gasteiger partial charge >= 0.3 is 0 Å². The van der Waals surface area contributed by atoms with Gasteiger partial charge in [-0.3, -0.25) is 9.78 Å². The third-order valence-corrected chi connectivity index (χ3v) is 3.28. The molecule has 1 aromatic carbocycles. The van der Waals surface area contributed by atoms with E-state index in [9.17, 15) is 4.79 Å². The van der Waals surface area contributed by atoms with Crippen molar-refractivity contribution in [3.63, 3.8) is 0 Å². The normalized spacial score (nSPS) is 12.1. The number of aromatic nitrogens is 1. The lowest BCUT2D eigenvalue weighted by Crippen LogP contribution is -2.37. The maximum Gasteiger partial charge on any atom is 0.241 e. The van der Waals surface area contributed by atoms with Crippen LogP contribution in [0, 0.1) is 0 Å². The second-order valence-corrected chi connectivity index (χ2v) is 4.90. The van der Waals surface area contributed by atoms with E-state index in [1.165, 1.54) is 0 Å². The van der Waals surface area contributed by atoms with Gasteiger partial charge in [-0.2, -0.15) is 0 Å². The van der Waals surface area contributed by atoms with Gasteiger partial charge in [-0.25, -0.2) is 0 Å². The molecule has 0 bridgehead atoms. The van der Waals surface area contributed by atoms with Gasteiger partial charge in [0.05, 0.1) is 11.6 Å². The van der Waals surface area contributed by atoms with Crippen molar-refractivity contribution in [2.24, 2.45) is 0 Å². The van der Waals surface area contributed by atoms with E-state index in [0.29, 0.717) is 6.54 Å². The summed E-state index contributed by atoms with van der Waals surface area (Å²) in [7, 11) is 0. The molecule has 0 saturated heterocycles. The minimum atomic E-state index is -0.243. The second kappa shape index (κ2) is 6.28. The first-order chi connectivity index (χ1) is 8.75. The number of rotatable bonds is 5. The highest BCUT2D eigenvalue weighted by Gasteiger charge is 2.12. The Morgan fingerprint density at radius 1 is 1.39 bits per heavy atom. The molecule has 1 aromatic heterocycles. The molecule has 1 amide bonds. The lowest BCUT2D eigenvalue weighted by atomic mass is 10.2. The van der Waals surface area contributed by atoms with Crippen molar-refractivity contribution in [1.82, 2.24) is 10.3 Å². The molecule has 0 fully saturated rings. The molecule has 1 heterocycles. The van der Waals surface area contributed by atoms with E-state index in [2.05, 4.69) is 15.6 Å². The summed E-state index contributed by atoms with van der Waals surface area (Å²) in [6.07, 6.45) is 1.81. The molecule has 0 saturated carbocycles. The smallest absolute Gasteiger partial charge is 0.241 e. The zero-order chi connectivity index (χ0) is 12.8. The van der Waals surface area contributed by atoms with E-state index >= 15 is 0 Å². The van der Waals surface area contributed by atoms with E-state index in [-0.39, 0.29) is 11.9 Å². The first-order valence-electron chi connectivity index (χ1n) is 5.72. The monoisotopic (exact) mass is 261 g/mol. The number of nitrogens with one attached hydrogen (secondary N) is 2. The first kappa shape index (κ1) is 12.7. The molecule has 0 aliphatic heterocycles. The van der Waals surface area contributed by atoms with Crippen LogP contribution in [0.15, 0.2) is 42.0 Å². The molecule has 0 radical (unpaired) electrons. The van der Waals surface area contributed by atoms with Crippen LogP contribution in [0.5, 0.6) is 0 Å². The van der Waals surface area contributed by atoms with Gasteiger partial charge in [-0.05, 0) is 19.1 Å². The number of benzene rings is 1. The standard InChI is InChI=1S/C13H15N3OS/c1-10(15-8-12-7-14-9-18-12)13(17)16-11-5-3-2-4-6-11/h2-7,9-10,15H,8H2,1H3,(H,16,17). The molecule has 0 spiro atoms. The van der Waals surface area contributed by atoms with Crippen LogP contribution in [0.25, 0.3) is 0 Å². The Bertz CT molecular complexity index is 484. The first-order valence-corrected chi connectivity index (χ1v) is 6.60. The van der Waals surface area contributed by atoms with Gasteiger partial charge in [0.1, 0.15) is 0 Å². The Morgan fingerprint density at radius 3 is 2.83 bits per heavy atom. The van der Waals surface area contributed by atoms with E-state index < -0.39 is 0 Å². The average Bonchev–Trinajstić information content (AvgIpc) is 2.90. The number of thiazole rings is 1. The van der Waals surface area contributed by atoms with Crippen molar-refractivity contribution in [2.45, 2.75) is 19.5 Å². The molecule has 0 aliphatic carbocycles. The summed E-state index contributed by atoms with van der Waals surface area (Å²) in [4.78, 5) is 17.0. The minimum absolute atomic E-state index is 0.0364. The van der Waals surface area contributed by atoms with Crippen molar-refractivity contribution >= 4 is 22.9 Å². The molecular weight excluding hydrogens is 246 g/mol. The van der Waals surface area contributed by atoms with Gasteiger partial charge < -0.3 is 10.6 Å². The highest BCUT2D eigenvalue weighted by Crippen LogP contribution is 2.07. The molecule has 4 nitrogen and oxygen atoms in total. The van der Waals surface area contributed by atoms with Crippen LogP contribution >= 0.6 is 11.3 Å². The fourth-order valence-electron chi connectivity index (χ4n) is 1.45. The summed E-state index contributed by atoms with van der Waals surface area (Å²) >= 11 is 1.58. The lowest BCUT2D eigenvalue weighted by Gasteiger charge is -2.13. The van der Waals surface area contributed by atoms with Crippen LogP contribution in [0.1, 0.15) is 11.8 Å². The Labute approximate surface area is 110 Å². The third-order valence-electron chi connectivity index (χ3n) is 2.50. The molecule has 5 heteroatoms. The predicted octanol–water partition coefficient (Wildman–Crippen LogP) is 2.26. The third kappa shape index (κ3) is 3.65. The van der Waals surface area contributed by atoms with E-state index in [1.807, 2.05) is 37.3 Å². The van der Waals surface area contributed by atoms with Crippen LogP contribution in [0.2, 0.25) is 0 Å². The molecule has 0 aliphatic rings. The second-order valence-electron chi connectivity index (χ2n) is 3.93. The number of amides is 1. The Balaban J connectivity index is 1.82. The van der Waals surface area contributed by atoms with Crippen LogP contribution < -0.4 is 10.6 Å². The average molecular weight is 261 g/mol. The van der Waals surface area contributed by atoms with E-state index in [1.54, 1.807) is 23.0 Å². The highest BCUT2D eigenvalue weighted by molar-refractivity contribution is 7.09. The number of carbonyl (C=O) groups excluding carboxylic acids is 1. The number of hydrogen-bond donors (Lipinski definition) is 2. The van der Waals surface area contributed by atoms with Crippen molar-refractivity contribution in [3.05, 3.63) is 46.9 Å². The van der Waals surface area contributed by atoms with Gasteiger partial charge in [-0.15, -0.1) is 11.3 Å². The highest BCUT2D eigenvalue weighted by atomic mass is 32.1. The number of carbonyl (C=O) groups is 1. The fraction of sp³-hybridized carbons (Fsp3) is 0.231. The minimum Gasteiger partial charge on any atom is -0.325 e. The summed E-state index contributed by atoms with van der Waals surface area (Å²) in [6, 6.07) is 9.20. The molecule has 2 rings (SSSR count). The zero-order valence-electron chi connectivity index (χ0n) is 10.1. The number of para-hydroxylation sites is 1. The van der Waals surface area contributed by atoms with Crippen LogP contribution in [0.4, 0.5) is 5.69 Å². The molecular formula is C13H15N3OS.